The Morgan fingerprint density at radius 2 is 2.27 bits per heavy atom. The van der Waals surface area contributed by atoms with Crippen LogP contribution in [0.25, 0.3) is 5.69 Å². The Balaban J connectivity index is 1.61. The second-order valence-electron chi connectivity index (χ2n) is 6.11. The smallest absolute Gasteiger partial charge is 0.250 e. The maximum absolute atomic E-state index is 12.8. The van der Waals surface area contributed by atoms with E-state index in [4.69, 9.17) is 11.6 Å². The highest BCUT2D eigenvalue weighted by atomic mass is 35.5. The molecule has 9 heteroatoms. The van der Waals surface area contributed by atoms with E-state index in [0.29, 0.717) is 18.0 Å². The molecule has 0 bridgehead atoms. The van der Waals surface area contributed by atoms with Crippen LogP contribution in [-0.2, 0) is 4.79 Å². The zero-order chi connectivity index (χ0) is 18.7. The number of aromatic nitrogens is 3. The highest BCUT2D eigenvalue weighted by molar-refractivity contribution is 7.99. The summed E-state index contributed by atoms with van der Waals surface area (Å²) in [6, 6.07) is 3.62. The van der Waals surface area contributed by atoms with Crippen LogP contribution in [0.2, 0.25) is 5.15 Å². The van der Waals surface area contributed by atoms with E-state index in [1.165, 1.54) is 11.8 Å². The summed E-state index contributed by atoms with van der Waals surface area (Å²) in [6.45, 7) is 2.30. The summed E-state index contributed by atoms with van der Waals surface area (Å²) in [6.07, 6.45) is 5.10. The number of anilines is 1. The highest BCUT2D eigenvalue weighted by Gasteiger charge is 2.45. The Bertz CT molecular complexity index is 763. The minimum absolute atomic E-state index is 0.0511. The number of hydrogen-bond acceptors (Lipinski definition) is 4. The minimum Gasteiger partial charge on any atom is -0.308 e. The van der Waals surface area contributed by atoms with Crippen LogP contribution in [0, 0.1) is 0 Å². The molecule has 2 aromatic rings. The number of carbonyl (C=O) groups excluding carboxylic acids is 1. The molecule has 0 N–H and O–H groups in total. The average molecular weight is 401 g/mol. The summed E-state index contributed by atoms with van der Waals surface area (Å²) in [7, 11) is 0. The predicted octanol–water partition coefficient (Wildman–Crippen LogP) is 4.19. The van der Waals surface area contributed by atoms with Gasteiger partial charge in [0.1, 0.15) is 5.69 Å². The first kappa shape index (κ1) is 19.1. The molecule has 0 saturated heterocycles. The van der Waals surface area contributed by atoms with E-state index in [1.807, 2.05) is 13.0 Å². The Kier molecular flexibility index (Phi) is 5.82. The van der Waals surface area contributed by atoms with Gasteiger partial charge >= 0.3 is 0 Å². The molecular weight excluding hydrogens is 382 g/mol. The molecule has 26 heavy (non-hydrogen) atoms. The summed E-state index contributed by atoms with van der Waals surface area (Å²) >= 11 is 7.66. The number of carbonyl (C=O) groups is 1. The van der Waals surface area contributed by atoms with Gasteiger partial charge in [-0.3, -0.25) is 9.78 Å². The predicted molar refractivity (Wildman–Crippen MR) is 99.4 cm³/mol. The van der Waals surface area contributed by atoms with Crippen LogP contribution in [0.5, 0.6) is 0 Å². The first-order valence-electron chi connectivity index (χ1n) is 8.35. The summed E-state index contributed by atoms with van der Waals surface area (Å²) in [5, 5.41) is 4.42. The second-order valence-corrected chi connectivity index (χ2v) is 7.87. The number of alkyl halides is 2. The van der Waals surface area contributed by atoms with Crippen LogP contribution in [0.15, 0.2) is 30.7 Å². The Hall–Kier alpha value is -1.67. The summed E-state index contributed by atoms with van der Waals surface area (Å²) in [4.78, 5) is 18.2. The third-order valence-electron chi connectivity index (χ3n) is 4.19. The molecule has 2 heterocycles. The fourth-order valence-electron chi connectivity index (χ4n) is 2.80. The molecule has 1 aliphatic carbocycles. The van der Waals surface area contributed by atoms with Gasteiger partial charge in [-0.25, -0.2) is 13.5 Å². The highest BCUT2D eigenvalue weighted by Crippen LogP contribution is 2.44. The molecule has 140 valence electrons. The van der Waals surface area contributed by atoms with Crippen molar-refractivity contribution in [2.45, 2.75) is 37.4 Å². The van der Waals surface area contributed by atoms with Gasteiger partial charge in [0, 0.05) is 43.0 Å². The van der Waals surface area contributed by atoms with Crippen LogP contribution in [0.3, 0.4) is 0 Å². The van der Waals surface area contributed by atoms with Crippen molar-refractivity contribution in [3.05, 3.63) is 35.9 Å². The second kappa shape index (κ2) is 7.92. The number of pyridine rings is 1. The van der Waals surface area contributed by atoms with Gasteiger partial charge in [0.25, 0.3) is 0 Å². The van der Waals surface area contributed by atoms with Crippen molar-refractivity contribution in [2.75, 3.05) is 17.2 Å². The lowest BCUT2D eigenvalue weighted by atomic mass is 9.94. The number of halogens is 3. The number of nitrogens with zero attached hydrogens (tertiary/aromatic N) is 4. The Labute approximate surface area is 159 Å². The molecule has 5 nitrogen and oxygen atoms in total. The van der Waals surface area contributed by atoms with Gasteiger partial charge in [-0.1, -0.05) is 11.6 Å². The van der Waals surface area contributed by atoms with E-state index in [9.17, 15) is 13.6 Å². The van der Waals surface area contributed by atoms with Gasteiger partial charge in [-0.05, 0) is 19.1 Å². The molecule has 0 radical (unpaired) electrons. The monoisotopic (exact) mass is 400 g/mol. The van der Waals surface area contributed by atoms with Gasteiger partial charge in [0.15, 0.2) is 5.15 Å². The van der Waals surface area contributed by atoms with Crippen molar-refractivity contribution < 1.29 is 13.6 Å². The van der Waals surface area contributed by atoms with Gasteiger partial charge in [-0.2, -0.15) is 16.9 Å². The average Bonchev–Trinajstić information content (AvgIpc) is 2.96. The molecule has 2 aromatic heterocycles. The van der Waals surface area contributed by atoms with Crippen molar-refractivity contribution >= 4 is 35.0 Å². The lowest BCUT2D eigenvalue weighted by Gasteiger charge is -2.34. The summed E-state index contributed by atoms with van der Waals surface area (Å²) < 4.78 is 27.3. The zero-order valence-electron chi connectivity index (χ0n) is 14.2. The van der Waals surface area contributed by atoms with E-state index in [-0.39, 0.29) is 35.6 Å². The number of hydrogen-bond donors (Lipinski definition) is 0. The van der Waals surface area contributed by atoms with E-state index in [2.05, 4.69) is 10.1 Å². The SMILES string of the molecule is CCN(C(=O)CCSC1CC(F)(F)C1)c1cn(-c2cccnc2)nc1Cl. The lowest BCUT2D eigenvalue weighted by Crippen LogP contribution is -2.38. The van der Waals surface area contributed by atoms with Crippen molar-refractivity contribution in [1.29, 1.82) is 0 Å². The molecule has 0 atom stereocenters. The molecule has 1 fully saturated rings. The van der Waals surface area contributed by atoms with Crippen molar-refractivity contribution in [2.24, 2.45) is 0 Å². The Morgan fingerprint density at radius 3 is 2.88 bits per heavy atom. The fourth-order valence-corrected chi connectivity index (χ4v) is 4.38. The fraction of sp³-hybridized carbons (Fsp3) is 0.471. The van der Waals surface area contributed by atoms with Gasteiger partial charge in [0.2, 0.25) is 11.8 Å². The van der Waals surface area contributed by atoms with E-state index in [1.54, 1.807) is 34.2 Å². The van der Waals surface area contributed by atoms with Gasteiger partial charge in [0.05, 0.1) is 18.1 Å². The molecule has 3 rings (SSSR count). The molecule has 0 unspecified atom stereocenters. The number of thioether (sulfide) groups is 1. The molecule has 1 saturated carbocycles. The maximum atomic E-state index is 12.8. The zero-order valence-corrected chi connectivity index (χ0v) is 15.8. The van der Waals surface area contributed by atoms with Crippen molar-refractivity contribution in [3.8, 4) is 5.69 Å². The van der Waals surface area contributed by atoms with Gasteiger partial charge < -0.3 is 4.90 Å². The van der Waals surface area contributed by atoms with Crippen molar-refractivity contribution in [3.63, 3.8) is 0 Å². The number of rotatable bonds is 7. The molecule has 0 aromatic carbocycles. The van der Waals surface area contributed by atoms with E-state index < -0.39 is 5.92 Å². The maximum Gasteiger partial charge on any atom is 0.250 e. The lowest BCUT2D eigenvalue weighted by molar-refractivity contribution is -0.118. The van der Waals surface area contributed by atoms with E-state index in [0.717, 1.165) is 5.69 Å². The first-order valence-corrected chi connectivity index (χ1v) is 9.77. The van der Waals surface area contributed by atoms with E-state index >= 15 is 0 Å². The summed E-state index contributed by atoms with van der Waals surface area (Å²) in [5.41, 5.74) is 1.27. The largest absolute Gasteiger partial charge is 0.308 e. The summed E-state index contributed by atoms with van der Waals surface area (Å²) in [5.74, 6) is -2.10. The standard InChI is InChI=1S/C17H19ClF2N4OS/c1-2-23(15(25)5-7-26-13-8-17(19,20)9-13)14-11-24(22-16(14)18)12-4-3-6-21-10-12/h3-4,6,10-11,13H,2,5,7-9H2,1H3. The molecule has 0 spiro atoms. The van der Waals surface area contributed by atoms with Crippen LogP contribution < -0.4 is 4.90 Å². The van der Waals surface area contributed by atoms with Crippen LogP contribution in [0.1, 0.15) is 26.2 Å². The third-order valence-corrected chi connectivity index (χ3v) is 5.71. The van der Waals surface area contributed by atoms with Crippen LogP contribution in [-0.4, -0.2) is 44.1 Å². The third kappa shape index (κ3) is 4.35. The van der Waals surface area contributed by atoms with Crippen LogP contribution in [0.4, 0.5) is 14.5 Å². The first-order chi connectivity index (χ1) is 12.4. The van der Waals surface area contributed by atoms with Gasteiger partial charge in [-0.15, -0.1) is 0 Å². The van der Waals surface area contributed by atoms with Crippen molar-refractivity contribution in [1.82, 2.24) is 14.8 Å². The molecule has 1 amide bonds. The quantitative estimate of drug-likeness (QED) is 0.699. The normalized spacial score (nSPS) is 16.3. The Morgan fingerprint density at radius 1 is 1.50 bits per heavy atom. The molecule has 0 aliphatic heterocycles. The number of amides is 1. The van der Waals surface area contributed by atoms with Crippen LogP contribution >= 0.6 is 23.4 Å². The topological polar surface area (TPSA) is 51.0 Å². The minimum atomic E-state index is -2.52. The molecular formula is C17H19ClF2N4OS. The molecule has 1 aliphatic rings.